The van der Waals surface area contributed by atoms with Gasteiger partial charge in [-0.15, -0.1) is 0 Å². The van der Waals surface area contributed by atoms with Crippen LogP contribution in [0.3, 0.4) is 0 Å². The molecule has 3 aromatic rings. The van der Waals surface area contributed by atoms with Gasteiger partial charge >= 0.3 is 0 Å². The maximum Gasteiger partial charge on any atom is 0.258 e. The summed E-state index contributed by atoms with van der Waals surface area (Å²) in [6, 6.07) is 9.95. The number of anilines is 1. The minimum atomic E-state index is -0.139. The maximum atomic E-state index is 13.3. The molecule has 7 heteroatoms. The van der Waals surface area contributed by atoms with E-state index in [1.807, 2.05) is 4.90 Å². The number of phenolic OH excluding ortho intramolecular Hbond substituents is 1. The molecule has 1 fully saturated rings. The van der Waals surface area contributed by atoms with Gasteiger partial charge in [-0.05, 0) is 42.8 Å². The highest BCUT2D eigenvalue weighted by Crippen LogP contribution is 2.32. The smallest absolute Gasteiger partial charge is 0.258 e. The molecule has 0 radical (unpaired) electrons. The maximum absolute atomic E-state index is 13.3. The van der Waals surface area contributed by atoms with Crippen LogP contribution in [0, 0.1) is 0 Å². The quantitative estimate of drug-likeness (QED) is 0.680. The summed E-state index contributed by atoms with van der Waals surface area (Å²) in [5.74, 6) is -0.140. The molecule has 0 bridgehead atoms. The first-order chi connectivity index (χ1) is 15.0. The average Bonchev–Trinajstić information content (AvgIpc) is 3.37. The lowest BCUT2D eigenvalue weighted by Gasteiger charge is -2.34. The molecule has 2 aliphatic heterocycles. The van der Waals surface area contributed by atoms with Crippen LogP contribution in [0.25, 0.3) is 10.9 Å². The topological polar surface area (TPSA) is 75.7 Å². The first-order valence-electron chi connectivity index (χ1n) is 11.1. The molecule has 1 amide bonds. The fourth-order valence-corrected chi connectivity index (χ4v) is 4.66. The Kier molecular flexibility index (Phi) is 5.06. The minimum Gasteiger partial charge on any atom is -0.507 e. The van der Waals surface area contributed by atoms with Crippen LogP contribution in [-0.2, 0) is 19.5 Å². The third-order valence-electron chi connectivity index (χ3n) is 6.54. The van der Waals surface area contributed by atoms with Crippen LogP contribution in [0.1, 0.15) is 40.5 Å². The number of carbonyl (C=O) groups excluding carboxylic acids is 1. The Morgan fingerprint density at radius 1 is 1.10 bits per heavy atom. The lowest BCUT2D eigenvalue weighted by Crippen LogP contribution is -2.44. The van der Waals surface area contributed by atoms with E-state index in [4.69, 9.17) is 0 Å². The Morgan fingerprint density at radius 2 is 1.87 bits per heavy atom. The number of aromatic nitrogens is 2. The van der Waals surface area contributed by atoms with Crippen LogP contribution in [-0.4, -0.2) is 64.2 Å². The van der Waals surface area contributed by atoms with Crippen LogP contribution in [0.2, 0.25) is 0 Å². The van der Waals surface area contributed by atoms with Gasteiger partial charge in [0.1, 0.15) is 5.75 Å². The number of piperazine rings is 1. The first kappa shape index (κ1) is 19.9. The van der Waals surface area contributed by atoms with Crippen molar-refractivity contribution in [1.29, 1.82) is 0 Å². The number of amides is 1. The van der Waals surface area contributed by atoms with E-state index in [-0.39, 0.29) is 11.7 Å². The number of carbonyl (C=O) groups is 1. The summed E-state index contributed by atoms with van der Waals surface area (Å²) in [6.45, 7) is 7.43. The van der Waals surface area contributed by atoms with E-state index in [0.717, 1.165) is 55.6 Å². The molecule has 1 saturated heterocycles. The van der Waals surface area contributed by atoms with E-state index in [1.54, 1.807) is 12.1 Å². The number of likely N-dealkylation sites (N-methyl/N-ethyl adjacent to an activating group) is 1. The second-order valence-corrected chi connectivity index (χ2v) is 8.74. The van der Waals surface area contributed by atoms with Gasteiger partial charge in [-0.2, -0.15) is 5.10 Å². The number of benzene rings is 2. The molecule has 3 heterocycles. The second kappa shape index (κ2) is 7.89. The van der Waals surface area contributed by atoms with Gasteiger partial charge in [-0.25, -0.2) is 0 Å². The van der Waals surface area contributed by atoms with Crippen molar-refractivity contribution in [2.75, 3.05) is 38.1 Å². The zero-order valence-corrected chi connectivity index (χ0v) is 18.2. The number of aromatic amines is 1. The SMILES string of the molecule is CCCc1n[nH]c2cc(O)c(C(=O)N3Cc4ccc(N5CCN(C)CC5)cc4C3)cc12. The van der Waals surface area contributed by atoms with E-state index >= 15 is 0 Å². The molecule has 0 unspecified atom stereocenters. The number of nitrogens with one attached hydrogen (secondary N) is 1. The number of phenols is 1. The van der Waals surface area contributed by atoms with Crippen molar-refractivity contribution in [3.8, 4) is 5.75 Å². The van der Waals surface area contributed by atoms with E-state index in [0.29, 0.717) is 18.7 Å². The van der Waals surface area contributed by atoms with Crippen LogP contribution in [0.5, 0.6) is 5.75 Å². The summed E-state index contributed by atoms with van der Waals surface area (Å²) in [5.41, 5.74) is 5.65. The monoisotopic (exact) mass is 419 g/mol. The lowest BCUT2D eigenvalue weighted by molar-refractivity contribution is 0.0748. The highest BCUT2D eigenvalue weighted by molar-refractivity contribution is 6.01. The normalized spacial score (nSPS) is 16.8. The Balaban J connectivity index is 1.37. The number of aryl methyl sites for hydroxylation is 1. The molecule has 2 aliphatic rings. The van der Waals surface area contributed by atoms with Gasteiger partial charge in [0.25, 0.3) is 5.91 Å². The fraction of sp³-hybridized carbons (Fsp3) is 0.417. The molecule has 2 N–H and O–H groups in total. The van der Waals surface area contributed by atoms with Crippen molar-refractivity contribution in [2.45, 2.75) is 32.9 Å². The summed E-state index contributed by atoms with van der Waals surface area (Å²) < 4.78 is 0. The van der Waals surface area contributed by atoms with E-state index < -0.39 is 0 Å². The number of fused-ring (bicyclic) bond motifs is 2. The molecule has 0 atom stereocenters. The van der Waals surface area contributed by atoms with Gasteiger partial charge < -0.3 is 19.8 Å². The summed E-state index contributed by atoms with van der Waals surface area (Å²) >= 11 is 0. The minimum absolute atomic E-state index is 0.00159. The zero-order chi connectivity index (χ0) is 21.5. The third-order valence-corrected chi connectivity index (χ3v) is 6.54. The van der Waals surface area contributed by atoms with Crippen molar-refractivity contribution in [3.05, 3.63) is 52.7 Å². The molecule has 0 spiro atoms. The molecule has 0 saturated carbocycles. The Hall–Kier alpha value is -3.06. The Labute approximate surface area is 182 Å². The Morgan fingerprint density at radius 3 is 2.65 bits per heavy atom. The molecule has 2 aromatic carbocycles. The molecule has 0 aliphatic carbocycles. The van der Waals surface area contributed by atoms with Gasteiger partial charge in [-0.3, -0.25) is 9.89 Å². The van der Waals surface area contributed by atoms with Crippen LogP contribution >= 0.6 is 0 Å². The van der Waals surface area contributed by atoms with Crippen molar-refractivity contribution >= 4 is 22.5 Å². The average molecular weight is 420 g/mol. The summed E-state index contributed by atoms with van der Waals surface area (Å²) in [4.78, 5) is 19.9. The van der Waals surface area contributed by atoms with Crippen molar-refractivity contribution in [2.24, 2.45) is 0 Å². The van der Waals surface area contributed by atoms with Gasteiger partial charge in [0.15, 0.2) is 0 Å². The van der Waals surface area contributed by atoms with E-state index in [9.17, 15) is 9.90 Å². The van der Waals surface area contributed by atoms with Crippen molar-refractivity contribution in [3.63, 3.8) is 0 Å². The number of aromatic hydroxyl groups is 1. The van der Waals surface area contributed by atoms with Gasteiger partial charge in [0, 0.05) is 56.4 Å². The molecule has 1 aromatic heterocycles. The number of rotatable bonds is 4. The van der Waals surface area contributed by atoms with Crippen molar-refractivity contribution < 1.29 is 9.90 Å². The molecule has 162 valence electrons. The van der Waals surface area contributed by atoms with Gasteiger partial charge in [0.2, 0.25) is 0 Å². The standard InChI is InChI=1S/C24H29N5O2/c1-3-4-21-19-12-20(23(30)13-22(19)26-25-21)24(31)29-14-16-5-6-18(11-17(16)15-29)28-9-7-27(2)8-10-28/h5-6,11-13,30H,3-4,7-10,14-15H2,1-2H3,(H,25,26). The van der Waals surface area contributed by atoms with Crippen molar-refractivity contribution in [1.82, 2.24) is 20.0 Å². The largest absolute Gasteiger partial charge is 0.507 e. The molecular weight excluding hydrogens is 390 g/mol. The number of nitrogens with zero attached hydrogens (tertiary/aromatic N) is 4. The van der Waals surface area contributed by atoms with Gasteiger partial charge in [0.05, 0.1) is 16.8 Å². The van der Waals surface area contributed by atoms with Crippen LogP contribution < -0.4 is 4.90 Å². The molecule has 7 nitrogen and oxygen atoms in total. The Bertz CT molecular complexity index is 1130. The number of H-pyrrole nitrogens is 1. The highest BCUT2D eigenvalue weighted by Gasteiger charge is 2.27. The predicted octanol–water partition coefficient (Wildman–Crippen LogP) is 3.13. The number of hydrogen-bond acceptors (Lipinski definition) is 5. The summed E-state index contributed by atoms with van der Waals surface area (Å²) in [7, 11) is 2.16. The summed E-state index contributed by atoms with van der Waals surface area (Å²) in [5, 5.41) is 18.7. The van der Waals surface area contributed by atoms with Crippen LogP contribution in [0.15, 0.2) is 30.3 Å². The molecule has 5 rings (SSSR count). The second-order valence-electron chi connectivity index (χ2n) is 8.74. The third kappa shape index (κ3) is 3.63. The zero-order valence-electron chi connectivity index (χ0n) is 18.2. The summed E-state index contributed by atoms with van der Waals surface area (Å²) in [6.07, 6.45) is 1.81. The van der Waals surface area contributed by atoms with Crippen LogP contribution in [0.4, 0.5) is 5.69 Å². The molecule has 31 heavy (non-hydrogen) atoms. The number of hydrogen-bond donors (Lipinski definition) is 2. The van der Waals surface area contributed by atoms with E-state index in [1.165, 1.54) is 16.8 Å². The molecular formula is C24H29N5O2. The lowest BCUT2D eigenvalue weighted by atomic mass is 10.1. The fourth-order valence-electron chi connectivity index (χ4n) is 4.66. The predicted molar refractivity (Wildman–Crippen MR) is 121 cm³/mol. The van der Waals surface area contributed by atoms with E-state index in [2.05, 4.69) is 52.2 Å². The highest BCUT2D eigenvalue weighted by atomic mass is 16.3. The van der Waals surface area contributed by atoms with Gasteiger partial charge in [-0.1, -0.05) is 19.4 Å². The first-order valence-corrected chi connectivity index (χ1v) is 11.1.